The van der Waals surface area contributed by atoms with Gasteiger partial charge < -0.3 is 30.2 Å². The van der Waals surface area contributed by atoms with Crippen LogP contribution in [0.4, 0.5) is 0 Å². The molecule has 1 aromatic heterocycles. The van der Waals surface area contributed by atoms with Gasteiger partial charge in [-0.05, 0) is 18.9 Å². The maximum absolute atomic E-state index is 11.6. The summed E-state index contributed by atoms with van der Waals surface area (Å²) in [7, 11) is 0. The van der Waals surface area contributed by atoms with Crippen molar-refractivity contribution in [2.24, 2.45) is 0 Å². The molecule has 0 aliphatic rings. The number of carbonyl (C=O) groups excluding carboxylic acids is 3. The zero-order valence-electron chi connectivity index (χ0n) is 9.66. The fourth-order valence-electron chi connectivity index (χ4n) is 1.30. The molecular weight excluding hydrogens is 256 g/mol. The van der Waals surface area contributed by atoms with Gasteiger partial charge in [0.2, 0.25) is 0 Å². The topological polar surface area (TPSA) is 142 Å². The Labute approximate surface area is 107 Å². The van der Waals surface area contributed by atoms with E-state index in [1.54, 1.807) is 0 Å². The van der Waals surface area contributed by atoms with Crippen LogP contribution in [-0.2, 0) is 9.59 Å². The minimum atomic E-state index is -1.61. The molecule has 19 heavy (non-hydrogen) atoms. The first-order valence-corrected chi connectivity index (χ1v) is 5.25. The monoisotopic (exact) mass is 266 g/mol. The minimum absolute atomic E-state index is 0.0558. The van der Waals surface area contributed by atoms with E-state index < -0.39 is 30.3 Å². The van der Waals surface area contributed by atoms with Gasteiger partial charge in [-0.2, -0.15) is 0 Å². The summed E-state index contributed by atoms with van der Waals surface area (Å²) in [4.78, 5) is 36.2. The molecule has 1 amide bonds. The largest absolute Gasteiger partial charge is 0.550 e. The van der Waals surface area contributed by atoms with Crippen LogP contribution in [-0.4, -0.2) is 34.0 Å². The van der Waals surface area contributed by atoms with Crippen LogP contribution >= 0.6 is 0 Å². The molecule has 1 heterocycles. The number of carboxylic acid groups (broad SMARTS) is 2. The van der Waals surface area contributed by atoms with E-state index in [9.17, 15) is 24.6 Å². The van der Waals surface area contributed by atoms with Gasteiger partial charge in [-0.1, -0.05) is 0 Å². The quantitative estimate of drug-likeness (QED) is 0.564. The first-order valence-electron chi connectivity index (χ1n) is 5.25. The molecule has 0 fully saturated rings. The van der Waals surface area contributed by atoms with Crippen LogP contribution in [0.5, 0.6) is 5.75 Å². The zero-order chi connectivity index (χ0) is 14.4. The lowest BCUT2D eigenvalue weighted by Crippen LogP contribution is -2.48. The zero-order valence-corrected chi connectivity index (χ0v) is 9.66. The summed E-state index contributed by atoms with van der Waals surface area (Å²) in [5, 5.41) is 32.2. The molecule has 0 unspecified atom stereocenters. The van der Waals surface area contributed by atoms with Gasteiger partial charge in [0.25, 0.3) is 5.91 Å². The van der Waals surface area contributed by atoms with E-state index in [0.717, 1.165) is 18.5 Å². The molecule has 1 aromatic rings. The molecule has 0 saturated heterocycles. The summed E-state index contributed by atoms with van der Waals surface area (Å²) in [6.07, 6.45) is 1.34. The third-order valence-corrected chi connectivity index (χ3v) is 2.21. The van der Waals surface area contributed by atoms with Crippen LogP contribution in [0.3, 0.4) is 0 Å². The number of aromatic nitrogens is 1. The second-order valence-corrected chi connectivity index (χ2v) is 3.69. The fourth-order valence-corrected chi connectivity index (χ4v) is 1.30. The molecule has 1 atom stereocenters. The highest BCUT2D eigenvalue weighted by atomic mass is 16.4. The molecule has 102 valence electrons. The number of carboxylic acids is 2. The highest BCUT2D eigenvalue weighted by Gasteiger charge is 2.15. The molecule has 8 nitrogen and oxygen atoms in total. The number of aliphatic carboxylic acids is 2. The van der Waals surface area contributed by atoms with Crippen LogP contribution in [0, 0.1) is 0 Å². The van der Waals surface area contributed by atoms with E-state index in [4.69, 9.17) is 5.11 Å². The maximum Gasteiger partial charge on any atom is 0.253 e. The predicted octanol–water partition coefficient (Wildman–Crippen LogP) is -2.83. The summed E-state index contributed by atoms with van der Waals surface area (Å²) in [6.45, 7) is 0. The molecule has 1 rings (SSSR count). The van der Waals surface area contributed by atoms with E-state index in [0.29, 0.717) is 0 Å². The Hall–Kier alpha value is -2.64. The summed E-state index contributed by atoms with van der Waals surface area (Å²) in [6, 6.07) is -0.374. The van der Waals surface area contributed by atoms with E-state index in [1.165, 1.54) is 0 Å². The van der Waals surface area contributed by atoms with Gasteiger partial charge in [0.1, 0.15) is 5.75 Å². The standard InChI is InChI=1S/C11H12N2O6/c14-7-3-6(4-12-5-7)10(17)13-8(11(18)19)1-2-9(15)16/h3-5,8,14H,1-2H2,(H,13,17)(H,15,16)(H,18,19)/p-2/t8-/m0/s1. The van der Waals surface area contributed by atoms with Gasteiger partial charge in [0.05, 0.1) is 23.8 Å². The lowest BCUT2D eigenvalue weighted by Gasteiger charge is -2.19. The number of pyridine rings is 1. The number of nitrogens with one attached hydrogen (secondary N) is 1. The molecule has 0 aliphatic heterocycles. The lowest BCUT2D eigenvalue weighted by atomic mass is 10.1. The van der Waals surface area contributed by atoms with Crippen LogP contribution in [0.2, 0.25) is 0 Å². The molecule has 0 aliphatic carbocycles. The average molecular weight is 266 g/mol. The predicted molar refractivity (Wildman–Crippen MR) is 56.4 cm³/mol. The van der Waals surface area contributed by atoms with Gasteiger partial charge in [-0.25, -0.2) is 0 Å². The Morgan fingerprint density at radius 3 is 2.53 bits per heavy atom. The first kappa shape index (κ1) is 14.4. The third kappa shape index (κ3) is 4.62. The van der Waals surface area contributed by atoms with Crippen LogP contribution in [0.1, 0.15) is 23.2 Å². The van der Waals surface area contributed by atoms with E-state index in [1.807, 2.05) is 0 Å². The van der Waals surface area contributed by atoms with Gasteiger partial charge >= 0.3 is 0 Å². The number of amides is 1. The van der Waals surface area contributed by atoms with E-state index in [-0.39, 0.29) is 17.7 Å². The van der Waals surface area contributed by atoms with Crippen molar-refractivity contribution in [3.63, 3.8) is 0 Å². The molecular formula is C11H10N2O6-2. The summed E-state index contributed by atoms with van der Waals surface area (Å²) in [5.41, 5.74) is -0.0558. The van der Waals surface area contributed by atoms with Crippen LogP contribution in [0.25, 0.3) is 0 Å². The van der Waals surface area contributed by atoms with E-state index in [2.05, 4.69) is 10.3 Å². The van der Waals surface area contributed by atoms with Gasteiger partial charge in [0, 0.05) is 12.2 Å². The number of rotatable bonds is 6. The second-order valence-electron chi connectivity index (χ2n) is 3.69. The van der Waals surface area contributed by atoms with Crippen molar-refractivity contribution in [3.8, 4) is 5.75 Å². The Morgan fingerprint density at radius 2 is 2.00 bits per heavy atom. The highest BCUT2D eigenvalue weighted by Crippen LogP contribution is 2.09. The Bertz CT molecular complexity index is 502. The van der Waals surface area contributed by atoms with Gasteiger partial charge in [-0.15, -0.1) is 0 Å². The molecule has 8 heteroatoms. The third-order valence-electron chi connectivity index (χ3n) is 2.21. The summed E-state index contributed by atoms with van der Waals surface area (Å²) in [5.74, 6) is -4.11. The van der Waals surface area contributed by atoms with Crippen molar-refractivity contribution < 1.29 is 29.7 Å². The van der Waals surface area contributed by atoms with Crippen molar-refractivity contribution >= 4 is 17.8 Å². The molecule has 0 saturated carbocycles. The Kier molecular flexibility index (Phi) is 4.81. The van der Waals surface area contributed by atoms with Crippen LogP contribution < -0.4 is 15.5 Å². The highest BCUT2D eigenvalue weighted by molar-refractivity contribution is 5.96. The fraction of sp³-hybridized carbons (Fsp3) is 0.273. The molecule has 2 N–H and O–H groups in total. The smallest absolute Gasteiger partial charge is 0.253 e. The molecule has 0 spiro atoms. The number of hydrogen-bond donors (Lipinski definition) is 2. The SMILES string of the molecule is O=C([O-])CC[C@H](NC(=O)c1cncc(O)c1)C(=O)[O-]. The van der Waals surface area contributed by atoms with Crippen molar-refractivity contribution in [1.29, 1.82) is 0 Å². The van der Waals surface area contributed by atoms with Crippen molar-refractivity contribution in [2.75, 3.05) is 0 Å². The number of aromatic hydroxyl groups is 1. The van der Waals surface area contributed by atoms with Crippen molar-refractivity contribution in [1.82, 2.24) is 10.3 Å². The number of carbonyl (C=O) groups is 3. The molecule has 0 bridgehead atoms. The average Bonchev–Trinajstić information content (AvgIpc) is 2.33. The van der Waals surface area contributed by atoms with Crippen LogP contribution in [0.15, 0.2) is 18.5 Å². The number of hydrogen-bond acceptors (Lipinski definition) is 7. The second kappa shape index (κ2) is 6.34. The lowest BCUT2D eigenvalue weighted by molar-refractivity contribution is -0.309. The van der Waals surface area contributed by atoms with E-state index >= 15 is 0 Å². The summed E-state index contributed by atoms with van der Waals surface area (Å²) >= 11 is 0. The summed E-state index contributed by atoms with van der Waals surface area (Å²) < 4.78 is 0. The normalized spacial score (nSPS) is 11.6. The Balaban J connectivity index is 2.71. The van der Waals surface area contributed by atoms with Gasteiger partial charge in [-0.3, -0.25) is 9.78 Å². The first-order chi connectivity index (χ1) is 8.90. The van der Waals surface area contributed by atoms with Crippen molar-refractivity contribution in [2.45, 2.75) is 18.9 Å². The Morgan fingerprint density at radius 1 is 1.32 bits per heavy atom. The number of nitrogens with zero attached hydrogens (tertiary/aromatic N) is 1. The molecule has 0 aromatic carbocycles. The molecule has 0 radical (unpaired) electrons. The maximum atomic E-state index is 11.6. The van der Waals surface area contributed by atoms with Crippen molar-refractivity contribution in [3.05, 3.63) is 24.0 Å². The minimum Gasteiger partial charge on any atom is -0.550 e. The van der Waals surface area contributed by atoms with Gasteiger partial charge in [0.15, 0.2) is 0 Å².